The zero-order chi connectivity index (χ0) is 12.7. The van der Waals surface area contributed by atoms with Gasteiger partial charge in [-0.05, 0) is 30.5 Å². The lowest BCUT2D eigenvalue weighted by molar-refractivity contribution is 0.110. The molecular weight excluding hydrogens is 278 g/mol. The molecule has 0 fully saturated rings. The van der Waals surface area contributed by atoms with Crippen LogP contribution in [-0.2, 0) is 4.74 Å². The summed E-state index contributed by atoms with van der Waals surface area (Å²) in [5.41, 5.74) is 1.30. The lowest BCUT2D eigenvalue weighted by Gasteiger charge is -2.14. The molecular formula is C14H22BrNO. The van der Waals surface area contributed by atoms with Crippen molar-refractivity contribution in [2.24, 2.45) is 5.92 Å². The van der Waals surface area contributed by atoms with Crippen LogP contribution in [0.1, 0.15) is 32.4 Å². The minimum Gasteiger partial charge on any atom is -0.380 e. The average molecular weight is 300 g/mol. The number of hydrogen-bond acceptors (Lipinski definition) is 2. The maximum atomic E-state index is 5.53. The lowest BCUT2D eigenvalue weighted by Crippen LogP contribution is -2.23. The van der Waals surface area contributed by atoms with Gasteiger partial charge in [0.05, 0.1) is 6.61 Å². The number of rotatable bonds is 7. The van der Waals surface area contributed by atoms with Crippen molar-refractivity contribution in [2.45, 2.75) is 26.8 Å². The Morgan fingerprint density at radius 3 is 2.41 bits per heavy atom. The largest absolute Gasteiger partial charge is 0.380 e. The molecule has 0 heterocycles. The third-order valence-electron chi connectivity index (χ3n) is 2.52. The molecule has 0 unspecified atom stereocenters. The molecule has 0 aliphatic heterocycles. The summed E-state index contributed by atoms with van der Waals surface area (Å²) in [6, 6.07) is 8.78. The van der Waals surface area contributed by atoms with Gasteiger partial charge in [-0.15, -0.1) is 0 Å². The SMILES string of the molecule is CC(C)COCCN[C@H](C)c1ccc(Br)cc1. The summed E-state index contributed by atoms with van der Waals surface area (Å²) in [6.45, 7) is 9.01. The van der Waals surface area contributed by atoms with Gasteiger partial charge in [0.1, 0.15) is 0 Å². The Labute approximate surface area is 113 Å². The van der Waals surface area contributed by atoms with E-state index in [0.29, 0.717) is 12.0 Å². The van der Waals surface area contributed by atoms with Gasteiger partial charge in [-0.3, -0.25) is 0 Å². The van der Waals surface area contributed by atoms with Crippen LogP contribution >= 0.6 is 15.9 Å². The zero-order valence-corrected chi connectivity index (χ0v) is 12.5. The van der Waals surface area contributed by atoms with E-state index < -0.39 is 0 Å². The molecule has 17 heavy (non-hydrogen) atoms. The van der Waals surface area contributed by atoms with Crippen LogP contribution in [0, 0.1) is 5.92 Å². The molecule has 0 aliphatic rings. The third kappa shape index (κ3) is 6.20. The number of halogens is 1. The Kier molecular flexibility index (Phi) is 6.78. The summed E-state index contributed by atoms with van der Waals surface area (Å²) in [5, 5.41) is 3.45. The van der Waals surface area contributed by atoms with Crippen molar-refractivity contribution in [1.82, 2.24) is 5.32 Å². The van der Waals surface area contributed by atoms with E-state index in [0.717, 1.165) is 24.2 Å². The fourth-order valence-corrected chi connectivity index (χ4v) is 1.80. The monoisotopic (exact) mass is 299 g/mol. The maximum absolute atomic E-state index is 5.53. The Morgan fingerprint density at radius 2 is 1.82 bits per heavy atom. The number of ether oxygens (including phenoxy) is 1. The standard InChI is InChI=1S/C14H22BrNO/c1-11(2)10-17-9-8-16-12(3)13-4-6-14(15)7-5-13/h4-7,11-12,16H,8-10H2,1-3H3/t12-/m1/s1. The molecule has 1 rings (SSSR count). The van der Waals surface area contributed by atoms with Crippen LogP contribution in [0.4, 0.5) is 0 Å². The van der Waals surface area contributed by atoms with Crippen molar-refractivity contribution < 1.29 is 4.74 Å². The quantitative estimate of drug-likeness (QED) is 0.774. The van der Waals surface area contributed by atoms with Crippen LogP contribution in [-0.4, -0.2) is 19.8 Å². The fourth-order valence-electron chi connectivity index (χ4n) is 1.54. The molecule has 3 heteroatoms. The predicted octanol–water partition coefficient (Wildman–Crippen LogP) is 3.77. The molecule has 1 atom stereocenters. The van der Waals surface area contributed by atoms with E-state index >= 15 is 0 Å². The van der Waals surface area contributed by atoms with Crippen molar-refractivity contribution >= 4 is 15.9 Å². The zero-order valence-electron chi connectivity index (χ0n) is 10.9. The van der Waals surface area contributed by atoms with Crippen LogP contribution in [0.25, 0.3) is 0 Å². The van der Waals surface area contributed by atoms with Crippen molar-refractivity contribution in [3.8, 4) is 0 Å². The molecule has 0 saturated carbocycles. The summed E-state index contributed by atoms with van der Waals surface area (Å²) in [4.78, 5) is 0. The Balaban J connectivity index is 2.21. The van der Waals surface area contributed by atoms with Crippen molar-refractivity contribution in [3.05, 3.63) is 34.3 Å². The minimum absolute atomic E-state index is 0.366. The van der Waals surface area contributed by atoms with E-state index in [9.17, 15) is 0 Å². The first kappa shape index (κ1) is 14.7. The van der Waals surface area contributed by atoms with E-state index in [1.807, 2.05) is 0 Å². The molecule has 0 aliphatic carbocycles. The number of nitrogens with one attached hydrogen (secondary N) is 1. The number of hydrogen-bond donors (Lipinski definition) is 1. The minimum atomic E-state index is 0.366. The van der Waals surface area contributed by atoms with Gasteiger partial charge in [-0.1, -0.05) is 41.9 Å². The lowest BCUT2D eigenvalue weighted by atomic mass is 10.1. The van der Waals surface area contributed by atoms with Gasteiger partial charge in [0.25, 0.3) is 0 Å². The first-order valence-electron chi connectivity index (χ1n) is 6.16. The second-order valence-corrected chi connectivity index (χ2v) is 5.61. The van der Waals surface area contributed by atoms with Crippen molar-refractivity contribution in [2.75, 3.05) is 19.8 Å². The molecule has 0 bridgehead atoms. The van der Waals surface area contributed by atoms with Gasteiger partial charge in [-0.2, -0.15) is 0 Å². The van der Waals surface area contributed by atoms with Crippen LogP contribution in [0.2, 0.25) is 0 Å². The van der Waals surface area contributed by atoms with Crippen LogP contribution in [0.15, 0.2) is 28.7 Å². The molecule has 0 radical (unpaired) electrons. The fraction of sp³-hybridized carbons (Fsp3) is 0.571. The second kappa shape index (κ2) is 7.85. The van der Waals surface area contributed by atoms with E-state index in [4.69, 9.17) is 4.74 Å². The van der Waals surface area contributed by atoms with Crippen molar-refractivity contribution in [3.63, 3.8) is 0 Å². The summed E-state index contributed by atoms with van der Waals surface area (Å²) in [6.07, 6.45) is 0. The average Bonchev–Trinajstić information content (AvgIpc) is 2.29. The summed E-state index contributed by atoms with van der Waals surface area (Å²) < 4.78 is 6.65. The van der Waals surface area contributed by atoms with Gasteiger partial charge >= 0.3 is 0 Å². The van der Waals surface area contributed by atoms with Gasteiger partial charge < -0.3 is 10.1 Å². The van der Waals surface area contributed by atoms with Crippen LogP contribution in [0.5, 0.6) is 0 Å². The van der Waals surface area contributed by atoms with E-state index in [1.165, 1.54) is 5.56 Å². The molecule has 1 aromatic rings. The third-order valence-corrected chi connectivity index (χ3v) is 3.05. The Bertz CT molecular complexity index is 311. The smallest absolute Gasteiger partial charge is 0.0591 e. The molecule has 1 aromatic carbocycles. The predicted molar refractivity (Wildman–Crippen MR) is 76.2 cm³/mol. The summed E-state index contributed by atoms with van der Waals surface area (Å²) >= 11 is 3.44. The highest BCUT2D eigenvalue weighted by molar-refractivity contribution is 9.10. The van der Waals surface area contributed by atoms with Gasteiger partial charge in [0.15, 0.2) is 0 Å². The molecule has 0 amide bonds. The highest BCUT2D eigenvalue weighted by Gasteiger charge is 2.03. The van der Waals surface area contributed by atoms with E-state index in [-0.39, 0.29) is 0 Å². The molecule has 0 spiro atoms. The Morgan fingerprint density at radius 1 is 1.18 bits per heavy atom. The van der Waals surface area contributed by atoms with Crippen LogP contribution in [0.3, 0.4) is 0 Å². The molecule has 1 N–H and O–H groups in total. The summed E-state index contributed by atoms with van der Waals surface area (Å²) in [7, 11) is 0. The summed E-state index contributed by atoms with van der Waals surface area (Å²) in [5.74, 6) is 0.610. The number of benzene rings is 1. The molecule has 96 valence electrons. The van der Waals surface area contributed by atoms with Gasteiger partial charge in [-0.25, -0.2) is 0 Å². The van der Waals surface area contributed by atoms with Gasteiger partial charge in [0.2, 0.25) is 0 Å². The molecule has 2 nitrogen and oxygen atoms in total. The van der Waals surface area contributed by atoms with Crippen LogP contribution < -0.4 is 5.32 Å². The second-order valence-electron chi connectivity index (χ2n) is 4.70. The highest BCUT2D eigenvalue weighted by Crippen LogP contribution is 2.16. The van der Waals surface area contributed by atoms with Crippen molar-refractivity contribution in [1.29, 1.82) is 0 Å². The first-order valence-corrected chi connectivity index (χ1v) is 6.95. The van der Waals surface area contributed by atoms with E-state index in [1.54, 1.807) is 0 Å². The molecule has 0 saturated heterocycles. The van der Waals surface area contributed by atoms with Gasteiger partial charge in [0, 0.05) is 23.7 Å². The Hall–Kier alpha value is -0.380. The molecule has 0 aromatic heterocycles. The van der Waals surface area contributed by atoms with E-state index in [2.05, 4.69) is 66.3 Å². The normalized spacial score (nSPS) is 13.0. The first-order chi connectivity index (χ1) is 8.09. The topological polar surface area (TPSA) is 21.3 Å². The highest BCUT2D eigenvalue weighted by atomic mass is 79.9. The maximum Gasteiger partial charge on any atom is 0.0591 e.